The quantitative estimate of drug-likeness (QED) is 0.281. The van der Waals surface area contributed by atoms with Gasteiger partial charge in [0.2, 0.25) is 0 Å². The Morgan fingerprint density at radius 1 is 1.03 bits per heavy atom. The molecule has 4 rings (SSSR count). The molecular weight excluding hydrogens is 588 g/mol. The lowest BCUT2D eigenvalue weighted by atomic mass is 10.0. The summed E-state index contributed by atoms with van der Waals surface area (Å²) in [5.74, 6) is -0.921. The number of nitrogens with one attached hydrogen (secondary N) is 1. The average Bonchev–Trinajstić information content (AvgIpc) is 2.80. The largest absolute Gasteiger partial charge is 0.496 e. The number of benzene rings is 3. The van der Waals surface area contributed by atoms with E-state index < -0.39 is 17.8 Å². The smallest absolute Gasteiger partial charge is 0.335 e. The maximum atomic E-state index is 13.1. The fourth-order valence-corrected chi connectivity index (χ4v) is 4.62. The number of hydrogen-bond acceptors (Lipinski definition) is 4. The number of barbiturate groups is 1. The molecule has 1 saturated heterocycles. The lowest BCUT2D eigenvalue weighted by Crippen LogP contribution is -2.54. The average molecular weight is 605 g/mol. The van der Waals surface area contributed by atoms with Crippen molar-refractivity contribution < 1.29 is 19.1 Å². The van der Waals surface area contributed by atoms with Crippen LogP contribution in [0.5, 0.6) is 5.75 Å². The van der Waals surface area contributed by atoms with E-state index in [-0.39, 0.29) is 5.57 Å². The standard InChI is InChI=1S/C25H17Br2ClN2O4/c1-34-22-12-14(11-20(27)18(22)13-15-4-2-3-5-21(15)28)10-19-23(31)29-25(33)30(24(19)32)17-8-6-16(26)7-9-17/h2-12H,13H2,1H3,(H,29,31,33)/b19-10+. The molecule has 9 heteroatoms. The third kappa shape index (κ3) is 4.94. The molecule has 0 unspecified atom stereocenters. The molecule has 1 heterocycles. The van der Waals surface area contributed by atoms with Crippen molar-refractivity contribution in [1.82, 2.24) is 5.32 Å². The number of carbonyl (C=O) groups is 3. The molecule has 3 aromatic rings. The minimum Gasteiger partial charge on any atom is -0.496 e. The number of nitrogens with zero attached hydrogens (tertiary/aromatic N) is 1. The zero-order valence-electron chi connectivity index (χ0n) is 17.8. The van der Waals surface area contributed by atoms with Gasteiger partial charge < -0.3 is 4.74 Å². The zero-order chi connectivity index (χ0) is 24.4. The summed E-state index contributed by atoms with van der Waals surface area (Å²) in [5.41, 5.74) is 2.52. The fourth-order valence-electron chi connectivity index (χ4n) is 3.55. The molecular formula is C25H17Br2ClN2O4. The van der Waals surface area contributed by atoms with E-state index in [9.17, 15) is 14.4 Å². The second-order valence-electron chi connectivity index (χ2n) is 7.39. The van der Waals surface area contributed by atoms with Crippen LogP contribution >= 0.6 is 43.5 Å². The Labute approximate surface area is 217 Å². The predicted molar refractivity (Wildman–Crippen MR) is 138 cm³/mol. The highest BCUT2D eigenvalue weighted by Gasteiger charge is 2.36. The first-order valence-electron chi connectivity index (χ1n) is 10.1. The van der Waals surface area contributed by atoms with Crippen molar-refractivity contribution in [2.75, 3.05) is 12.0 Å². The molecule has 34 heavy (non-hydrogen) atoms. The van der Waals surface area contributed by atoms with E-state index >= 15 is 0 Å². The third-order valence-electron chi connectivity index (χ3n) is 5.22. The summed E-state index contributed by atoms with van der Waals surface area (Å²) >= 11 is 13.2. The van der Waals surface area contributed by atoms with Gasteiger partial charge in [-0.05, 0) is 59.7 Å². The first-order valence-corrected chi connectivity index (χ1v) is 12.0. The maximum Gasteiger partial charge on any atom is 0.335 e. The number of anilines is 1. The molecule has 1 aliphatic rings. The molecule has 3 aromatic carbocycles. The highest BCUT2D eigenvalue weighted by Crippen LogP contribution is 2.34. The van der Waals surface area contributed by atoms with Crippen LogP contribution in [0.3, 0.4) is 0 Å². The summed E-state index contributed by atoms with van der Waals surface area (Å²) in [6.45, 7) is 0. The van der Waals surface area contributed by atoms with Gasteiger partial charge in [-0.2, -0.15) is 0 Å². The topological polar surface area (TPSA) is 75.7 Å². The summed E-state index contributed by atoms with van der Waals surface area (Å²) in [7, 11) is 1.54. The van der Waals surface area contributed by atoms with Crippen LogP contribution in [0.4, 0.5) is 10.5 Å². The highest BCUT2D eigenvalue weighted by molar-refractivity contribution is 9.10. The van der Waals surface area contributed by atoms with Gasteiger partial charge in [0.15, 0.2) is 0 Å². The van der Waals surface area contributed by atoms with Gasteiger partial charge in [0.05, 0.1) is 12.8 Å². The Kier molecular flexibility index (Phi) is 7.21. The molecule has 0 aromatic heterocycles. The molecule has 1 aliphatic heterocycles. The van der Waals surface area contributed by atoms with Crippen molar-refractivity contribution in [2.24, 2.45) is 0 Å². The molecule has 4 amide bonds. The van der Waals surface area contributed by atoms with Crippen LogP contribution in [0, 0.1) is 0 Å². The molecule has 0 atom stereocenters. The van der Waals surface area contributed by atoms with Crippen LogP contribution in [-0.4, -0.2) is 25.0 Å². The number of urea groups is 1. The van der Waals surface area contributed by atoms with Crippen molar-refractivity contribution in [1.29, 1.82) is 0 Å². The fraction of sp³-hybridized carbons (Fsp3) is 0.0800. The van der Waals surface area contributed by atoms with Gasteiger partial charge in [-0.15, -0.1) is 0 Å². The molecule has 0 aliphatic carbocycles. The Hall–Kier alpha value is -2.94. The van der Waals surface area contributed by atoms with Crippen molar-refractivity contribution in [3.8, 4) is 5.75 Å². The molecule has 0 bridgehead atoms. The van der Waals surface area contributed by atoms with Crippen LogP contribution in [0.1, 0.15) is 16.7 Å². The Morgan fingerprint density at radius 3 is 2.41 bits per heavy atom. The Bertz CT molecular complexity index is 1340. The highest BCUT2D eigenvalue weighted by atomic mass is 79.9. The number of hydrogen-bond donors (Lipinski definition) is 1. The van der Waals surface area contributed by atoms with Crippen molar-refractivity contribution in [3.05, 3.63) is 96.9 Å². The summed E-state index contributed by atoms with van der Waals surface area (Å²) in [6, 6.07) is 16.9. The first-order chi connectivity index (χ1) is 16.3. The van der Waals surface area contributed by atoms with Crippen LogP contribution in [-0.2, 0) is 16.0 Å². The van der Waals surface area contributed by atoms with Gasteiger partial charge in [-0.25, -0.2) is 9.69 Å². The minimum atomic E-state index is -0.802. The van der Waals surface area contributed by atoms with Crippen LogP contribution < -0.4 is 15.0 Å². The predicted octanol–water partition coefficient (Wildman–Crippen LogP) is 6.13. The van der Waals surface area contributed by atoms with E-state index in [2.05, 4.69) is 37.2 Å². The van der Waals surface area contributed by atoms with Gasteiger partial charge in [-0.1, -0.05) is 61.7 Å². The summed E-state index contributed by atoms with van der Waals surface area (Å²) in [5, 5.41) is 2.87. The molecule has 0 saturated carbocycles. The molecule has 0 radical (unpaired) electrons. The van der Waals surface area contributed by atoms with Crippen molar-refractivity contribution in [3.63, 3.8) is 0 Å². The van der Waals surface area contributed by atoms with Gasteiger partial charge in [0.1, 0.15) is 11.3 Å². The number of carbonyl (C=O) groups excluding carboxylic acids is 3. The van der Waals surface area contributed by atoms with Gasteiger partial charge in [0.25, 0.3) is 11.8 Å². The Balaban J connectivity index is 1.71. The van der Waals surface area contributed by atoms with E-state index in [0.29, 0.717) is 28.4 Å². The van der Waals surface area contributed by atoms with E-state index in [1.165, 1.54) is 6.08 Å². The molecule has 172 valence electrons. The first kappa shape index (κ1) is 24.2. The number of ether oxygens (including phenoxy) is 1. The number of halogens is 3. The second-order valence-corrected chi connectivity index (χ2v) is 9.56. The van der Waals surface area contributed by atoms with Crippen molar-refractivity contribution >= 4 is 73.1 Å². The van der Waals surface area contributed by atoms with E-state index in [0.717, 1.165) is 25.0 Å². The van der Waals surface area contributed by atoms with Crippen LogP contribution in [0.2, 0.25) is 5.02 Å². The number of rotatable bonds is 5. The SMILES string of the molecule is COc1cc(/C=C2\C(=O)NC(=O)N(c3ccc(Br)cc3)C2=O)cc(Br)c1Cc1ccccc1Cl. The van der Waals surface area contributed by atoms with E-state index in [4.69, 9.17) is 16.3 Å². The number of methoxy groups -OCH3 is 1. The van der Waals surface area contributed by atoms with Gasteiger partial charge in [0, 0.05) is 26.0 Å². The van der Waals surface area contributed by atoms with Crippen LogP contribution in [0.15, 0.2) is 75.2 Å². The Morgan fingerprint density at radius 2 is 1.74 bits per heavy atom. The lowest BCUT2D eigenvalue weighted by molar-refractivity contribution is -0.122. The molecule has 1 N–H and O–H groups in total. The summed E-state index contributed by atoms with van der Waals surface area (Å²) in [6.07, 6.45) is 1.95. The molecule has 6 nitrogen and oxygen atoms in total. The van der Waals surface area contributed by atoms with Crippen LogP contribution in [0.25, 0.3) is 6.08 Å². The third-order valence-corrected chi connectivity index (χ3v) is 6.82. The number of imide groups is 2. The summed E-state index contributed by atoms with van der Waals surface area (Å²) in [4.78, 5) is 39.0. The minimum absolute atomic E-state index is 0.171. The monoisotopic (exact) mass is 602 g/mol. The molecule has 1 fully saturated rings. The summed E-state index contributed by atoms with van der Waals surface area (Å²) < 4.78 is 7.10. The van der Waals surface area contributed by atoms with E-state index in [1.807, 2.05) is 24.3 Å². The van der Waals surface area contributed by atoms with Gasteiger partial charge >= 0.3 is 6.03 Å². The van der Waals surface area contributed by atoms with Gasteiger partial charge in [-0.3, -0.25) is 14.9 Å². The lowest BCUT2D eigenvalue weighted by Gasteiger charge is -2.26. The molecule has 0 spiro atoms. The normalized spacial score (nSPS) is 15.0. The number of amides is 4. The maximum absolute atomic E-state index is 13.1. The zero-order valence-corrected chi connectivity index (χ0v) is 21.7. The van der Waals surface area contributed by atoms with Crippen molar-refractivity contribution in [2.45, 2.75) is 6.42 Å². The van der Waals surface area contributed by atoms with E-state index in [1.54, 1.807) is 43.5 Å². The second kappa shape index (κ2) is 10.1.